The number of benzene rings is 1. The Hall–Kier alpha value is -1.10. The van der Waals surface area contributed by atoms with E-state index < -0.39 is 0 Å². The number of nitrogens with one attached hydrogen (secondary N) is 1. The number of hydrogen-bond donors (Lipinski definition) is 1. The fourth-order valence-electron chi connectivity index (χ4n) is 1.90. The van der Waals surface area contributed by atoms with Crippen LogP contribution in [0.5, 0.6) is 11.6 Å². The molecule has 5 heteroatoms. The Balaban J connectivity index is 2.13. The fourth-order valence-corrected chi connectivity index (χ4v) is 2.66. The van der Waals surface area contributed by atoms with Crippen molar-refractivity contribution in [2.24, 2.45) is 0 Å². The summed E-state index contributed by atoms with van der Waals surface area (Å²) in [4.78, 5) is 4.26. The third-order valence-corrected chi connectivity index (χ3v) is 3.92. The summed E-state index contributed by atoms with van der Waals surface area (Å²) in [7, 11) is 0. The van der Waals surface area contributed by atoms with Gasteiger partial charge in [0.05, 0.1) is 4.47 Å². The molecule has 1 unspecified atom stereocenters. The molecule has 1 atom stereocenters. The van der Waals surface area contributed by atoms with Gasteiger partial charge in [0.25, 0.3) is 0 Å². The van der Waals surface area contributed by atoms with Crippen LogP contribution in [0.25, 0.3) is 0 Å². The van der Waals surface area contributed by atoms with Crippen LogP contribution >= 0.6 is 27.5 Å². The summed E-state index contributed by atoms with van der Waals surface area (Å²) in [5.74, 6) is 1.26. The van der Waals surface area contributed by atoms with Crippen LogP contribution in [-0.2, 0) is 0 Å². The maximum absolute atomic E-state index is 5.93. The number of ether oxygens (including phenoxy) is 1. The zero-order valence-corrected chi connectivity index (χ0v) is 14.4. The van der Waals surface area contributed by atoms with Gasteiger partial charge in [0.15, 0.2) is 0 Å². The predicted octanol–water partition coefficient (Wildman–Crippen LogP) is 5.35. The molecule has 1 N–H and O–H groups in total. The summed E-state index contributed by atoms with van der Waals surface area (Å²) in [6.45, 7) is 5.27. The van der Waals surface area contributed by atoms with Crippen LogP contribution in [-0.4, -0.2) is 11.5 Å². The molecule has 3 nitrogen and oxygen atoms in total. The van der Waals surface area contributed by atoms with Crippen molar-refractivity contribution in [2.45, 2.75) is 26.3 Å². The maximum Gasteiger partial charge on any atom is 0.219 e. The van der Waals surface area contributed by atoms with Crippen molar-refractivity contribution >= 4 is 27.5 Å². The largest absolute Gasteiger partial charge is 0.438 e. The number of aromatic nitrogens is 1. The number of hydrogen-bond acceptors (Lipinski definition) is 3. The van der Waals surface area contributed by atoms with Gasteiger partial charge in [-0.05, 0) is 65.6 Å². The molecule has 2 rings (SSSR count). The minimum Gasteiger partial charge on any atom is -0.438 e. The molecule has 1 aromatic carbocycles. The first kappa shape index (κ1) is 16.3. The normalized spacial score (nSPS) is 12.2. The van der Waals surface area contributed by atoms with E-state index in [2.05, 4.69) is 40.1 Å². The lowest BCUT2D eigenvalue weighted by atomic mass is 10.1. The highest BCUT2D eigenvalue weighted by Gasteiger charge is 2.08. The molecule has 0 amide bonds. The van der Waals surface area contributed by atoms with E-state index in [1.165, 1.54) is 0 Å². The first-order valence-corrected chi connectivity index (χ1v) is 8.09. The average Bonchev–Trinajstić information content (AvgIpc) is 2.48. The summed E-state index contributed by atoms with van der Waals surface area (Å²) < 4.78 is 6.62. The third kappa shape index (κ3) is 4.70. The predicted molar refractivity (Wildman–Crippen MR) is 90.2 cm³/mol. The smallest absolute Gasteiger partial charge is 0.219 e. The van der Waals surface area contributed by atoms with Gasteiger partial charge in [-0.25, -0.2) is 4.98 Å². The molecule has 0 fully saturated rings. The van der Waals surface area contributed by atoms with Crippen LogP contribution in [0.15, 0.2) is 41.0 Å². The highest BCUT2D eigenvalue weighted by molar-refractivity contribution is 9.10. The SMILES string of the molecule is CCCNC(C)c1ccnc(Oc2ccc(Cl)cc2Br)c1. The van der Waals surface area contributed by atoms with Crippen LogP contribution in [0.1, 0.15) is 31.9 Å². The molecule has 0 spiro atoms. The first-order chi connectivity index (χ1) is 10.1. The Bertz CT molecular complexity index is 607. The minimum absolute atomic E-state index is 0.268. The highest BCUT2D eigenvalue weighted by Crippen LogP contribution is 2.31. The maximum atomic E-state index is 5.93. The van der Waals surface area contributed by atoms with Crippen LogP contribution in [0.2, 0.25) is 5.02 Å². The van der Waals surface area contributed by atoms with E-state index in [4.69, 9.17) is 16.3 Å². The Labute approximate surface area is 138 Å². The quantitative estimate of drug-likeness (QED) is 0.745. The molecule has 0 bridgehead atoms. The molecule has 0 aliphatic carbocycles. The van der Waals surface area contributed by atoms with E-state index in [1.807, 2.05) is 18.2 Å². The van der Waals surface area contributed by atoms with Crippen molar-refractivity contribution in [3.63, 3.8) is 0 Å². The van der Waals surface area contributed by atoms with Crippen molar-refractivity contribution < 1.29 is 4.74 Å². The van der Waals surface area contributed by atoms with Gasteiger partial charge in [0, 0.05) is 23.3 Å². The molecule has 112 valence electrons. The summed E-state index contributed by atoms with van der Waals surface area (Å²) in [5.41, 5.74) is 1.15. The Morgan fingerprint density at radius 2 is 2.14 bits per heavy atom. The van der Waals surface area contributed by atoms with Crippen LogP contribution < -0.4 is 10.1 Å². The summed E-state index contributed by atoms with van der Waals surface area (Å²) in [6.07, 6.45) is 2.87. The second-order valence-electron chi connectivity index (χ2n) is 4.78. The molecule has 1 heterocycles. The van der Waals surface area contributed by atoms with Crippen LogP contribution in [0, 0.1) is 0 Å². The molecule has 0 aliphatic rings. The third-order valence-electron chi connectivity index (χ3n) is 3.07. The van der Waals surface area contributed by atoms with Gasteiger partial charge in [0.2, 0.25) is 5.88 Å². The van der Waals surface area contributed by atoms with Crippen LogP contribution in [0.4, 0.5) is 0 Å². The minimum atomic E-state index is 0.268. The number of nitrogens with zero attached hydrogens (tertiary/aromatic N) is 1. The second-order valence-corrected chi connectivity index (χ2v) is 6.07. The van der Waals surface area contributed by atoms with Crippen molar-refractivity contribution in [1.29, 1.82) is 0 Å². The zero-order chi connectivity index (χ0) is 15.2. The van der Waals surface area contributed by atoms with Gasteiger partial charge in [-0.15, -0.1) is 0 Å². The summed E-state index contributed by atoms with van der Waals surface area (Å²) >= 11 is 9.36. The molecular formula is C16H18BrClN2O. The number of halogens is 2. The summed E-state index contributed by atoms with van der Waals surface area (Å²) in [6, 6.07) is 9.62. The van der Waals surface area contributed by atoms with Gasteiger partial charge in [-0.2, -0.15) is 0 Å². The van der Waals surface area contributed by atoms with Gasteiger partial charge in [-0.1, -0.05) is 18.5 Å². The number of rotatable bonds is 6. The Kier molecular flexibility index (Phi) is 6.03. The van der Waals surface area contributed by atoms with E-state index in [0.717, 1.165) is 23.0 Å². The molecule has 2 aromatic rings. The molecular weight excluding hydrogens is 352 g/mol. The lowest BCUT2D eigenvalue weighted by Crippen LogP contribution is -2.19. The van der Waals surface area contributed by atoms with Crippen LogP contribution in [0.3, 0.4) is 0 Å². The zero-order valence-electron chi connectivity index (χ0n) is 12.1. The van der Waals surface area contributed by atoms with Gasteiger partial charge in [0.1, 0.15) is 5.75 Å². The second kappa shape index (κ2) is 7.78. The lowest BCUT2D eigenvalue weighted by Gasteiger charge is -2.14. The molecule has 0 saturated heterocycles. The van der Waals surface area contributed by atoms with Gasteiger partial charge in [-0.3, -0.25) is 0 Å². The lowest BCUT2D eigenvalue weighted by molar-refractivity contribution is 0.457. The van der Waals surface area contributed by atoms with E-state index >= 15 is 0 Å². The van der Waals surface area contributed by atoms with Gasteiger partial charge >= 0.3 is 0 Å². The van der Waals surface area contributed by atoms with Crippen molar-refractivity contribution in [3.05, 3.63) is 51.6 Å². The molecule has 21 heavy (non-hydrogen) atoms. The van der Waals surface area contributed by atoms with Crippen molar-refractivity contribution in [1.82, 2.24) is 10.3 Å². The van der Waals surface area contributed by atoms with Crippen molar-refractivity contribution in [2.75, 3.05) is 6.54 Å². The molecule has 0 saturated carbocycles. The molecule has 1 aromatic heterocycles. The topological polar surface area (TPSA) is 34.2 Å². The molecule has 0 radical (unpaired) electrons. The Morgan fingerprint density at radius 1 is 1.33 bits per heavy atom. The van der Waals surface area contributed by atoms with E-state index in [0.29, 0.717) is 16.7 Å². The van der Waals surface area contributed by atoms with E-state index in [9.17, 15) is 0 Å². The van der Waals surface area contributed by atoms with Crippen molar-refractivity contribution in [3.8, 4) is 11.6 Å². The van der Waals surface area contributed by atoms with E-state index in [-0.39, 0.29) is 6.04 Å². The van der Waals surface area contributed by atoms with E-state index in [1.54, 1.807) is 18.3 Å². The Morgan fingerprint density at radius 3 is 2.86 bits per heavy atom. The standard InChI is InChI=1S/C16H18BrClN2O/c1-3-7-19-11(2)12-6-8-20-16(9-12)21-15-5-4-13(18)10-14(15)17/h4-6,8-11,19H,3,7H2,1-2H3. The monoisotopic (exact) mass is 368 g/mol. The average molecular weight is 370 g/mol. The fraction of sp³-hybridized carbons (Fsp3) is 0.312. The summed E-state index contributed by atoms with van der Waals surface area (Å²) in [5, 5.41) is 4.11. The highest BCUT2D eigenvalue weighted by atomic mass is 79.9. The first-order valence-electron chi connectivity index (χ1n) is 6.92. The molecule has 0 aliphatic heterocycles. The van der Waals surface area contributed by atoms with Gasteiger partial charge < -0.3 is 10.1 Å². The number of pyridine rings is 1.